The Labute approximate surface area is 183 Å². The first kappa shape index (κ1) is 23.3. The number of nitrogens with zero attached hydrogens (tertiary/aromatic N) is 1. The molecule has 31 heavy (non-hydrogen) atoms. The maximum absolute atomic E-state index is 13.1. The molecule has 1 fully saturated rings. The fraction of sp³-hybridized carbons (Fsp3) is 0.400. The van der Waals surface area contributed by atoms with E-state index >= 15 is 0 Å². The minimum absolute atomic E-state index is 0.0319. The molecule has 0 spiro atoms. The van der Waals surface area contributed by atoms with Crippen LogP contribution >= 0.6 is 0 Å². The van der Waals surface area contributed by atoms with Crippen molar-refractivity contribution in [2.24, 2.45) is 0 Å². The second-order valence-corrected chi connectivity index (χ2v) is 10.6. The fourth-order valence-electron chi connectivity index (χ4n) is 3.35. The lowest BCUT2D eigenvalue weighted by Gasteiger charge is -2.26. The summed E-state index contributed by atoms with van der Waals surface area (Å²) in [7, 11) is -4.94. The molecule has 0 saturated carbocycles. The van der Waals surface area contributed by atoms with Crippen molar-refractivity contribution >= 4 is 25.7 Å². The summed E-state index contributed by atoms with van der Waals surface area (Å²) in [6.45, 7) is 4.54. The van der Waals surface area contributed by atoms with Crippen LogP contribution in [0.4, 0.5) is 5.69 Å². The molecule has 9 nitrogen and oxygen atoms in total. The summed E-state index contributed by atoms with van der Waals surface area (Å²) in [6, 6.07) is 7.12. The highest BCUT2D eigenvalue weighted by atomic mass is 32.2. The molecule has 1 saturated heterocycles. The van der Waals surface area contributed by atoms with Gasteiger partial charge >= 0.3 is 0 Å². The molecule has 0 radical (unpaired) electrons. The number of benzene rings is 2. The van der Waals surface area contributed by atoms with Crippen molar-refractivity contribution in [3.05, 3.63) is 41.5 Å². The summed E-state index contributed by atoms with van der Waals surface area (Å²) in [5, 5.41) is 0. The highest BCUT2D eigenvalue weighted by Crippen LogP contribution is 2.33. The summed E-state index contributed by atoms with van der Waals surface area (Å²) >= 11 is 0. The van der Waals surface area contributed by atoms with Crippen molar-refractivity contribution in [3.8, 4) is 11.5 Å². The summed E-state index contributed by atoms with van der Waals surface area (Å²) < 4.78 is 71.7. The Hall–Kier alpha value is -2.34. The first-order valence-corrected chi connectivity index (χ1v) is 12.5. The van der Waals surface area contributed by atoms with Gasteiger partial charge in [0.25, 0.3) is 10.0 Å². The zero-order valence-corrected chi connectivity index (χ0v) is 19.5. The normalized spacial score (nSPS) is 15.5. The highest BCUT2D eigenvalue weighted by molar-refractivity contribution is 7.92. The highest BCUT2D eigenvalue weighted by Gasteiger charge is 2.28. The molecule has 11 heteroatoms. The number of methoxy groups -OCH3 is 2. The lowest BCUT2D eigenvalue weighted by molar-refractivity contribution is 0.0730. The smallest absolute Gasteiger partial charge is 0.262 e. The van der Waals surface area contributed by atoms with Crippen LogP contribution in [0.5, 0.6) is 11.5 Å². The Morgan fingerprint density at radius 2 is 1.52 bits per heavy atom. The summed E-state index contributed by atoms with van der Waals surface area (Å²) in [6.07, 6.45) is 0. The van der Waals surface area contributed by atoms with E-state index in [0.29, 0.717) is 30.1 Å². The first-order valence-electron chi connectivity index (χ1n) is 9.54. The molecule has 0 amide bonds. The Balaban J connectivity index is 2.01. The number of nitrogens with one attached hydrogen (secondary N) is 1. The van der Waals surface area contributed by atoms with E-state index in [4.69, 9.17) is 14.2 Å². The van der Waals surface area contributed by atoms with Gasteiger partial charge in [0.15, 0.2) is 0 Å². The largest absolute Gasteiger partial charge is 0.496 e. The van der Waals surface area contributed by atoms with Crippen molar-refractivity contribution in [1.29, 1.82) is 0 Å². The molecular weight excluding hydrogens is 444 g/mol. The summed E-state index contributed by atoms with van der Waals surface area (Å²) in [5.41, 5.74) is 1.26. The maximum atomic E-state index is 13.1. The number of rotatable bonds is 7. The first-order chi connectivity index (χ1) is 14.6. The second kappa shape index (κ2) is 9.03. The summed E-state index contributed by atoms with van der Waals surface area (Å²) in [4.78, 5) is 0.0322. The van der Waals surface area contributed by atoms with Gasteiger partial charge in [-0.1, -0.05) is 0 Å². The van der Waals surface area contributed by atoms with Gasteiger partial charge < -0.3 is 14.2 Å². The average Bonchev–Trinajstić information content (AvgIpc) is 2.75. The minimum Gasteiger partial charge on any atom is -0.496 e. The maximum Gasteiger partial charge on any atom is 0.262 e. The summed E-state index contributed by atoms with van der Waals surface area (Å²) in [5.74, 6) is 0.778. The van der Waals surface area contributed by atoms with Crippen molar-refractivity contribution in [2.75, 3.05) is 45.2 Å². The van der Waals surface area contributed by atoms with E-state index in [1.54, 1.807) is 19.9 Å². The van der Waals surface area contributed by atoms with Crippen molar-refractivity contribution in [3.63, 3.8) is 0 Å². The van der Waals surface area contributed by atoms with E-state index in [1.807, 2.05) is 0 Å². The predicted octanol–water partition coefficient (Wildman–Crippen LogP) is 2.14. The van der Waals surface area contributed by atoms with Crippen LogP contribution < -0.4 is 14.2 Å². The molecule has 2 aromatic carbocycles. The molecule has 0 atom stereocenters. The van der Waals surface area contributed by atoms with E-state index in [1.165, 1.54) is 42.8 Å². The number of morpholine rings is 1. The minimum atomic E-state index is -4.03. The van der Waals surface area contributed by atoms with Gasteiger partial charge in [-0.15, -0.1) is 0 Å². The van der Waals surface area contributed by atoms with Crippen LogP contribution in [0.3, 0.4) is 0 Å². The average molecular weight is 471 g/mol. The van der Waals surface area contributed by atoms with Crippen LogP contribution in [0.25, 0.3) is 0 Å². The van der Waals surface area contributed by atoms with Crippen LogP contribution in [0, 0.1) is 13.8 Å². The zero-order valence-electron chi connectivity index (χ0n) is 17.8. The van der Waals surface area contributed by atoms with E-state index in [2.05, 4.69) is 4.72 Å². The monoisotopic (exact) mass is 470 g/mol. The fourth-order valence-corrected chi connectivity index (χ4v) is 6.14. The van der Waals surface area contributed by atoms with Crippen LogP contribution in [0.1, 0.15) is 11.1 Å². The molecule has 1 heterocycles. The van der Waals surface area contributed by atoms with Crippen LogP contribution in [-0.4, -0.2) is 61.7 Å². The zero-order chi connectivity index (χ0) is 22.8. The Morgan fingerprint density at radius 3 is 2.13 bits per heavy atom. The molecule has 0 aromatic heterocycles. The number of ether oxygens (including phenoxy) is 3. The van der Waals surface area contributed by atoms with Gasteiger partial charge in [-0.2, -0.15) is 4.31 Å². The van der Waals surface area contributed by atoms with Gasteiger partial charge in [-0.3, -0.25) is 4.72 Å². The number of hydrogen-bond donors (Lipinski definition) is 1. The van der Waals surface area contributed by atoms with Gasteiger partial charge in [0.1, 0.15) is 11.5 Å². The molecule has 0 bridgehead atoms. The number of anilines is 1. The molecule has 1 N–H and O–H groups in total. The standard InChI is InChI=1S/C20H26N2O7S2/c1-14-15(2)20(8-7-18(14)27-3)30(23,24)21-17-13-16(5-6-19(17)28-4)31(25,26)22-9-11-29-12-10-22/h5-8,13,21H,9-12H2,1-4H3. The SMILES string of the molecule is COc1ccc(S(=O)(=O)N2CCOCC2)cc1NS(=O)(=O)c1ccc(OC)c(C)c1C. The van der Waals surface area contributed by atoms with Crippen molar-refractivity contribution in [1.82, 2.24) is 4.31 Å². The Morgan fingerprint density at radius 1 is 0.903 bits per heavy atom. The third kappa shape index (κ3) is 4.64. The van der Waals surface area contributed by atoms with Gasteiger partial charge in [-0.05, 0) is 55.3 Å². The van der Waals surface area contributed by atoms with E-state index in [0.717, 1.165) is 0 Å². The van der Waals surface area contributed by atoms with Gasteiger partial charge in [0.2, 0.25) is 10.0 Å². The number of sulfonamides is 2. The second-order valence-electron chi connectivity index (χ2n) is 7.00. The Kier molecular flexibility index (Phi) is 6.79. The lowest BCUT2D eigenvalue weighted by Crippen LogP contribution is -2.40. The molecule has 170 valence electrons. The van der Waals surface area contributed by atoms with Crippen molar-refractivity contribution < 1.29 is 31.0 Å². The molecule has 0 aliphatic carbocycles. The third-order valence-corrected chi connectivity index (χ3v) is 8.62. The van der Waals surface area contributed by atoms with Gasteiger partial charge in [0.05, 0.1) is 42.9 Å². The van der Waals surface area contributed by atoms with Crippen molar-refractivity contribution in [2.45, 2.75) is 23.6 Å². The lowest BCUT2D eigenvalue weighted by atomic mass is 10.1. The third-order valence-electron chi connectivity index (χ3n) is 5.22. The molecule has 1 aliphatic heterocycles. The van der Waals surface area contributed by atoms with Gasteiger partial charge in [0, 0.05) is 13.1 Å². The molecular formula is C20H26N2O7S2. The molecule has 3 rings (SSSR count). The van der Waals surface area contributed by atoms with E-state index < -0.39 is 20.0 Å². The molecule has 1 aliphatic rings. The number of hydrogen-bond acceptors (Lipinski definition) is 7. The van der Waals surface area contributed by atoms with E-state index in [9.17, 15) is 16.8 Å². The molecule has 2 aromatic rings. The van der Waals surface area contributed by atoms with E-state index in [-0.39, 0.29) is 34.3 Å². The van der Waals surface area contributed by atoms with Crippen LogP contribution in [-0.2, 0) is 24.8 Å². The molecule has 0 unspecified atom stereocenters. The predicted molar refractivity (Wildman–Crippen MR) is 116 cm³/mol. The Bertz CT molecular complexity index is 1170. The quantitative estimate of drug-likeness (QED) is 0.660. The van der Waals surface area contributed by atoms with Gasteiger partial charge in [-0.25, -0.2) is 16.8 Å². The van der Waals surface area contributed by atoms with Crippen LogP contribution in [0.2, 0.25) is 0 Å². The topological polar surface area (TPSA) is 111 Å². The van der Waals surface area contributed by atoms with Crippen LogP contribution in [0.15, 0.2) is 40.1 Å².